The van der Waals surface area contributed by atoms with E-state index in [1.807, 2.05) is 0 Å². The Labute approximate surface area is 156 Å². The van der Waals surface area contributed by atoms with Crippen molar-refractivity contribution in [3.63, 3.8) is 0 Å². The molecule has 0 aliphatic carbocycles. The van der Waals surface area contributed by atoms with Crippen LogP contribution in [0.25, 0.3) is 0 Å². The molecular formula is C18H13F6N3O. The zero-order valence-corrected chi connectivity index (χ0v) is 14.0. The minimum atomic E-state index is -4.78. The van der Waals surface area contributed by atoms with Crippen LogP contribution in [0.3, 0.4) is 0 Å². The van der Waals surface area contributed by atoms with Crippen LogP contribution in [-0.2, 0) is 6.18 Å². The molecule has 2 aromatic carbocycles. The number of alkyl halides is 6. The number of nitrogens with two attached hydrogens (primary N) is 1. The van der Waals surface area contributed by atoms with Crippen LogP contribution in [0.5, 0.6) is 5.75 Å². The Morgan fingerprint density at radius 1 is 0.964 bits per heavy atom. The number of benzene rings is 2. The number of rotatable bonds is 3. The summed E-state index contributed by atoms with van der Waals surface area (Å²) in [4.78, 5) is 3.89. The van der Waals surface area contributed by atoms with Crippen molar-refractivity contribution in [2.75, 3.05) is 11.9 Å². The largest absolute Gasteiger partial charge is 0.573 e. The highest BCUT2D eigenvalue weighted by molar-refractivity contribution is 5.92. The molecule has 2 aromatic rings. The molecule has 2 rings (SSSR count). The second-order valence-corrected chi connectivity index (χ2v) is 5.28. The molecule has 0 radical (unpaired) electrons. The van der Waals surface area contributed by atoms with E-state index in [1.165, 1.54) is 24.3 Å². The van der Waals surface area contributed by atoms with Gasteiger partial charge in [-0.25, -0.2) is 4.99 Å². The number of halogens is 6. The lowest BCUT2D eigenvalue weighted by molar-refractivity contribution is -0.274. The molecule has 0 amide bonds. The highest BCUT2D eigenvalue weighted by Crippen LogP contribution is 2.29. The third-order valence-corrected chi connectivity index (χ3v) is 3.13. The van der Waals surface area contributed by atoms with Gasteiger partial charge in [-0.2, -0.15) is 13.2 Å². The Bertz CT molecular complexity index is 875. The Morgan fingerprint density at radius 2 is 1.57 bits per heavy atom. The maximum atomic E-state index is 12.5. The van der Waals surface area contributed by atoms with Crippen LogP contribution < -0.4 is 15.8 Å². The molecule has 148 valence electrons. The normalized spacial score (nSPS) is 12.1. The molecule has 10 heteroatoms. The first-order valence-corrected chi connectivity index (χ1v) is 7.62. The fourth-order valence-electron chi connectivity index (χ4n) is 1.94. The van der Waals surface area contributed by atoms with Crippen molar-refractivity contribution in [3.8, 4) is 17.6 Å². The third-order valence-electron chi connectivity index (χ3n) is 3.13. The number of aliphatic imine (C=N–C) groups is 1. The number of guanidine groups is 1. The second kappa shape index (κ2) is 8.56. The maximum absolute atomic E-state index is 12.5. The van der Waals surface area contributed by atoms with Gasteiger partial charge < -0.3 is 15.8 Å². The van der Waals surface area contributed by atoms with Gasteiger partial charge in [-0.05, 0) is 48.5 Å². The van der Waals surface area contributed by atoms with Crippen molar-refractivity contribution in [2.24, 2.45) is 10.7 Å². The van der Waals surface area contributed by atoms with Crippen molar-refractivity contribution in [1.82, 2.24) is 0 Å². The lowest BCUT2D eigenvalue weighted by atomic mass is 10.1. The summed E-state index contributed by atoms with van der Waals surface area (Å²) in [7, 11) is 0. The van der Waals surface area contributed by atoms with E-state index in [1.54, 1.807) is 0 Å². The summed E-state index contributed by atoms with van der Waals surface area (Å²) in [6, 6.07) is 9.18. The number of nitrogens with zero attached hydrogens (tertiary/aromatic N) is 1. The number of hydrogen-bond donors (Lipinski definition) is 2. The summed E-state index contributed by atoms with van der Waals surface area (Å²) in [6.07, 6.45) is -9.19. The van der Waals surface area contributed by atoms with E-state index in [-0.39, 0.29) is 18.3 Å². The fourth-order valence-corrected chi connectivity index (χ4v) is 1.94. The molecule has 28 heavy (non-hydrogen) atoms. The molecule has 0 bridgehead atoms. The topological polar surface area (TPSA) is 59.6 Å². The quantitative estimate of drug-likeness (QED) is 0.347. The molecule has 0 unspecified atom stereocenters. The highest BCUT2D eigenvalue weighted by Gasteiger charge is 2.31. The van der Waals surface area contributed by atoms with E-state index in [9.17, 15) is 26.3 Å². The predicted molar refractivity (Wildman–Crippen MR) is 91.6 cm³/mol. The Morgan fingerprint density at radius 3 is 2.11 bits per heavy atom. The molecule has 0 atom stereocenters. The van der Waals surface area contributed by atoms with Crippen molar-refractivity contribution in [1.29, 1.82) is 0 Å². The van der Waals surface area contributed by atoms with Gasteiger partial charge in [0.25, 0.3) is 0 Å². The van der Waals surface area contributed by atoms with E-state index >= 15 is 0 Å². The van der Waals surface area contributed by atoms with Crippen LogP contribution in [0.15, 0.2) is 53.5 Å². The van der Waals surface area contributed by atoms with Crippen LogP contribution in [0, 0.1) is 11.8 Å². The molecule has 3 N–H and O–H groups in total. The molecule has 4 nitrogen and oxygen atoms in total. The minimum absolute atomic E-state index is 0.0326. The highest BCUT2D eigenvalue weighted by atomic mass is 19.4. The van der Waals surface area contributed by atoms with E-state index in [4.69, 9.17) is 5.73 Å². The molecule has 0 aliphatic rings. The van der Waals surface area contributed by atoms with Gasteiger partial charge in [-0.15, -0.1) is 13.2 Å². The molecule has 0 aromatic heterocycles. The van der Waals surface area contributed by atoms with Gasteiger partial charge in [0.1, 0.15) is 12.3 Å². The van der Waals surface area contributed by atoms with Crippen molar-refractivity contribution < 1.29 is 31.1 Å². The molecule has 0 heterocycles. The number of anilines is 1. The lowest BCUT2D eigenvalue weighted by Gasteiger charge is -2.10. The monoisotopic (exact) mass is 401 g/mol. The third kappa shape index (κ3) is 7.11. The summed E-state index contributed by atoms with van der Waals surface area (Å²) < 4.78 is 77.3. The molecule has 0 saturated carbocycles. The van der Waals surface area contributed by atoms with Gasteiger partial charge in [0.05, 0.1) is 5.56 Å². The average molecular weight is 401 g/mol. The van der Waals surface area contributed by atoms with E-state index in [2.05, 4.69) is 26.9 Å². The van der Waals surface area contributed by atoms with Gasteiger partial charge in [-0.1, -0.05) is 11.8 Å². The van der Waals surface area contributed by atoms with Gasteiger partial charge in [0.15, 0.2) is 5.96 Å². The zero-order chi connectivity index (χ0) is 20.8. The number of hydrogen-bond acceptors (Lipinski definition) is 2. The second-order valence-electron chi connectivity index (χ2n) is 5.28. The van der Waals surface area contributed by atoms with Gasteiger partial charge in [0, 0.05) is 11.3 Å². The average Bonchev–Trinajstić information content (AvgIpc) is 2.59. The van der Waals surface area contributed by atoms with Crippen molar-refractivity contribution in [3.05, 3.63) is 59.7 Å². The Hall–Kier alpha value is -3.35. The predicted octanol–water partition coefficient (Wildman–Crippen LogP) is 4.38. The van der Waals surface area contributed by atoms with Crippen LogP contribution in [0.1, 0.15) is 11.1 Å². The van der Waals surface area contributed by atoms with E-state index < -0.39 is 18.1 Å². The van der Waals surface area contributed by atoms with E-state index in [0.29, 0.717) is 11.3 Å². The molecule has 0 fully saturated rings. The molecular weight excluding hydrogens is 388 g/mol. The summed E-state index contributed by atoms with van der Waals surface area (Å²) >= 11 is 0. The summed E-state index contributed by atoms with van der Waals surface area (Å²) in [5.41, 5.74) is 5.63. The standard InChI is InChI=1S/C18H13F6N3O/c19-17(20,21)13-5-3-12(4-6-13)2-1-11-26-16(25)27-14-7-9-15(10-8-14)28-18(22,23)24/h3-10H,11H2,(H3,25,26,27). The van der Waals surface area contributed by atoms with Gasteiger partial charge >= 0.3 is 12.5 Å². The Balaban J connectivity index is 1.89. The summed E-state index contributed by atoms with van der Waals surface area (Å²) in [5.74, 6) is 4.85. The van der Waals surface area contributed by atoms with Crippen LogP contribution in [0.2, 0.25) is 0 Å². The van der Waals surface area contributed by atoms with Crippen LogP contribution >= 0.6 is 0 Å². The van der Waals surface area contributed by atoms with Gasteiger partial charge in [0.2, 0.25) is 0 Å². The maximum Gasteiger partial charge on any atom is 0.573 e. The molecule has 0 spiro atoms. The minimum Gasteiger partial charge on any atom is -0.406 e. The summed E-state index contributed by atoms with van der Waals surface area (Å²) in [6.45, 7) is -0.0326. The fraction of sp³-hybridized carbons (Fsp3) is 0.167. The SMILES string of the molecule is NC(=NCC#Cc1ccc(C(F)(F)F)cc1)Nc1ccc(OC(F)(F)F)cc1. The first-order chi connectivity index (χ1) is 13.0. The summed E-state index contributed by atoms with van der Waals surface area (Å²) in [5, 5.41) is 2.65. The van der Waals surface area contributed by atoms with Crippen LogP contribution in [-0.4, -0.2) is 18.9 Å². The van der Waals surface area contributed by atoms with Crippen molar-refractivity contribution >= 4 is 11.6 Å². The lowest BCUT2D eigenvalue weighted by Crippen LogP contribution is -2.22. The van der Waals surface area contributed by atoms with Crippen LogP contribution in [0.4, 0.5) is 32.0 Å². The number of ether oxygens (including phenoxy) is 1. The Kier molecular flexibility index (Phi) is 6.41. The molecule has 0 saturated heterocycles. The van der Waals surface area contributed by atoms with Crippen molar-refractivity contribution in [2.45, 2.75) is 12.5 Å². The van der Waals surface area contributed by atoms with E-state index in [0.717, 1.165) is 24.3 Å². The van der Waals surface area contributed by atoms with Gasteiger partial charge in [-0.3, -0.25) is 0 Å². The zero-order valence-electron chi connectivity index (χ0n) is 14.0. The smallest absolute Gasteiger partial charge is 0.406 e. The first-order valence-electron chi connectivity index (χ1n) is 7.62. The number of nitrogens with one attached hydrogen (secondary N) is 1. The first kappa shape index (κ1) is 21.0. The molecule has 0 aliphatic heterocycles.